The fourth-order valence-electron chi connectivity index (χ4n) is 3.33. The molecule has 3 N–H and O–H groups in total. The van der Waals surface area contributed by atoms with Crippen molar-refractivity contribution in [3.8, 4) is 0 Å². The Morgan fingerprint density at radius 3 is 2.30 bits per heavy atom. The molecule has 1 aliphatic carbocycles. The van der Waals surface area contributed by atoms with Gasteiger partial charge in [-0.1, -0.05) is 65.7 Å². The van der Waals surface area contributed by atoms with Crippen molar-refractivity contribution in [2.75, 3.05) is 17.2 Å². The number of carbonyl (C=O) groups excluding carboxylic acids is 2. The molecule has 160 valence electrons. The number of amides is 2. The normalized spacial score (nSPS) is 14.3. The fraction of sp³-hybridized carbons (Fsp3) is 0.333. The van der Waals surface area contributed by atoms with Gasteiger partial charge in [-0.3, -0.25) is 9.59 Å². The predicted octanol–water partition coefficient (Wildman–Crippen LogP) is 6.41. The Morgan fingerprint density at radius 2 is 1.57 bits per heavy atom. The summed E-state index contributed by atoms with van der Waals surface area (Å²) in [5.74, 6) is -0.554. The van der Waals surface area contributed by atoms with E-state index in [1.807, 2.05) is 0 Å². The molecule has 0 aliphatic heterocycles. The molecule has 2 amide bonds. The van der Waals surface area contributed by atoms with Crippen molar-refractivity contribution in [1.82, 2.24) is 5.32 Å². The Kier molecular flexibility index (Phi) is 8.12. The van der Waals surface area contributed by atoms with E-state index in [-0.39, 0.29) is 24.4 Å². The number of hydrogen-bond acceptors (Lipinski definition) is 3. The van der Waals surface area contributed by atoms with Crippen LogP contribution < -0.4 is 16.0 Å². The summed E-state index contributed by atoms with van der Waals surface area (Å²) >= 11 is 24.2. The zero-order valence-electron chi connectivity index (χ0n) is 16.0. The second kappa shape index (κ2) is 10.6. The Bertz CT molecular complexity index is 946. The van der Waals surface area contributed by atoms with Gasteiger partial charge in [-0.2, -0.15) is 0 Å². The Labute approximate surface area is 195 Å². The van der Waals surface area contributed by atoms with Crippen LogP contribution in [0.25, 0.3) is 0 Å². The van der Waals surface area contributed by atoms with Crippen molar-refractivity contribution in [1.29, 1.82) is 0 Å². The highest BCUT2D eigenvalue weighted by molar-refractivity contribution is 6.44. The third-order valence-corrected chi connectivity index (χ3v) is 6.25. The molecule has 1 fully saturated rings. The first-order valence-electron chi connectivity index (χ1n) is 9.62. The monoisotopic (exact) mass is 487 g/mol. The van der Waals surface area contributed by atoms with Crippen molar-refractivity contribution in [3.63, 3.8) is 0 Å². The van der Waals surface area contributed by atoms with Gasteiger partial charge in [0.1, 0.15) is 0 Å². The number of carbonyl (C=O) groups is 2. The Hall–Kier alpha value is -1.66. The number of halogens is 4. The van der Waals surface area contributed by atoms with Gasteiger partial charge >= 0.3 is 0 Å². The zero-order valence-corrected chi connectivity index (χ0v) is 19.1. The number of nitrogens with one attached hydrogen (secondary N) is 3. The molecule has 0 radical (unpaired) electrons. The molecule has 2 aromatic rings. The minimum atomic E-state index is -0.321. The highest BCUT2D eigenvalue weighted by Crippen LogP contribution is 2.32. The summed E-state index contributed by atoms with van der Waals surface area (Å²) in [6.07, 6.45) is 5.39. The lowest BCUT2D eigenvalue weighted by Crippen LogP contribution is -2.36. The molecule has 3 rings (SSSR count). The number of anilines is 2. The molecule has 9 heteroatoms. The van der Waals surface area contributed by atoms with Crippen molar-refractivity contribution in [3.05, 3.63) is 56.0 Å². The molecule has 0 spiro atoms. The molecule has 30 heavy (non-hydrogen) atoms. The van der Waals surface area contributed by atoms with Crippen molar-refractivity contribution < 1.29 is 9.59 Å². The van der Waals surface area contributed by atoms with Crippen molar-refractivity contribution in [2.45, 2.75) is 38.1 Å². The topological polar surface area (TPSA) is 70.2 Å². The van der Waals surface area contributed by atoms with Crippen LogP contribution in [0.2, 0.25) is 20.1 Å². The van der Waals surface area contributed by atoms with Gasteiger partial charge in [0.05, 0.1) is 37.9 Å². The lowest BCUT2D eigenvalue weighted by atomic mass is 9.95. The third kappa shape index (κ3) is 6.17. The molecule has 0 heterocycles. The van der Waals surface area contributed by atoms with E-state index in [0.717, 1.165) is 25.7 Å². The maximum atomic E-state index is 12.6. The van der Waals surface area contributed by atoms with Crippen LogP contribution in [0.4, 0.5) is 11.4 Å². The van der Waals surface area contributed by atoms with Gasteiger partial charge in [-0.25, -0.2) is 0 Å². The second-order valence-corrected chi connectivity index (χ2v) is 8.78. The quantitative estimate of drug-likeness (QED) is 0.411. The van der Waals surface area contributed by atoms with Crippen molar-refractivity contribution in [2.24, 2.45) is 0 Å². The maximum Gasteiger partial charge on any atom is 0.253 e. The van der Waals surface area contributed by atoms with Crippen LogP contribution in [-0.4, -0.2) is 24.4 Å². The van der Waals surface area contributed by atoms with Gasteiger partial charge in [0.2, 0.25) is 5.91 Å². The van der Waals surface area contributed by atoms with Crippen molar-refractivity contribution >= 4 is 69.6 Å². The highest BCUT2D eigenvalue weighted by atomic mass is 35.5. The van der Waals surface area contributed by atoms with E-state index in [2.05, 4.69) is 16.0 Å². The molecular weight excluding hydrogens is 468 g/mol. The zero-order chi connectivity index (χ0) is 21.7. The minimum absolute atomic E-state index is 0.0517. The lowest BCUT2D eigenvalue weighted by molar-refractivity contribution is -0.114. The van der Waals surface area contributed by atoms with Gasteiger partial charge in [-0.05, 0) is 43.2 Å². The van der Waals surface area contributed by atoms with Gasteiger partial charge in [-0.15, -0.1) is 0 Å². The van der Waals surface area contributed by atoms with Crippen LogP contribution in [0.3, 0.4) is 0 Å². The van der Waals surface area contributed by atoms with E-state index in [1.165, 1.54) is 12.5 Å². The average molecular weight is 489 g/mol. The summed E-state index contributed by atoms with van der Waals surface area (Å²) in [5.41, 5.74) is 1.30. The van der Waals surface area contributed by atoms with E-state index in [0.29, 0.717) is 37.0 Å². The van der Waals surface area contributed by atoms with E-state index >= 15 is 0 Å². The lowest BCUT2D eigenvalue weighted by Gasteiger charge is -2.23. The molecule has 0 atom stereocenters. The summed E-state index contributed by atoms with van der Waals surface area (Å²) < 4.78 is 0. The predicted molar refractivity (Wildman–Crippen MR) is 124 cm³/mol. The summed E-state index contributed by atoms with van der Waals surface area (Å²) in [6.45, 7) is -0.0517. The molecule has 0 aromatic heterocycles. The maximum absolute atomic E-state index is 12.6. The van der Waals surface area contributed by atoms with Gasteiger partial charge in [0.25, 0.3) is 5.91 Å². The Balaban J connectivity index is 1.61. The summed E-state index contributed by atoms with van der Waals surface area (Å²) in [5, 5.41) is 10.0. The number of rotatable bonds is 6. The number of hydrogen-bond donors (Lipinski definition) is 3. The number of benzene rings is 2. The van der Waals surface area contributed by atoms with Crippen LogP contribution in [0.15, 0.2) is 30.3 Å². The highest BCUT2D eigenvalue weighted by Gasteiger charge is 2.19. The van der Waals surface area contributed by atoms with Crippen LogP contribution >= 0.6 is 46.4 Å². The minimum Gasteiger partial charge on any atom is -0.375 e. The fourth-order valence-corrected chi connectivity index (χ4v) is 4.14. The van der Waals surface area contributed by atoms with Gasteiger partial charge in [0.15, 0.2) is 0 Å². The average Bonchev–Trinajstić information content (AvgIpc) is 2.72. The molecule has 5 nitrogen and oxygen atoms in total. The summed E-state index contributed by atoms with van der Waals surface area (Å²) in [6, 6.07) is 8.03. The molecule has 2 aromatic carbocycles. The van der Waals surface area contributed by atoms with E-state index in [1.54, 1.807) is 24.3 Å². The van der Waals surface area contributed by atoms with E-state index < -0.39 is 0 Å². The van der Waals surface area contributed by atoms with Gasteiger partial charge < -0.3 is 16.0 Å². The van der Waals surface area contributed by atoms with Gasteiger partial charge in [0, 0.05) is 11.7 Å². The molecule has 0 unspecified atom stereocenters. The second-order valence-electron chi connectivity index (χ2n) is 7.15. The van der Waals surface area contributed by atoms with Crippen LogP contribution in [0, 0.1) is 0 Å². The molecule has 0 saturated heterocycles. The molecule has 1 saturated carbocycles. The third-order valence-electron chi connectivity index (χ3n) is 4.88. The summed E-state index contributed by atoms with van der Waals surface area (Å²) in [4.78, 5) is 24.9. The molecular formula is C21H21Cl4N3O2. The van der Waals surface area contributed by atoms with Crippen LogP contribution in [0.5, 0.6) is 0 Å². The molecule has 1 aliphatic rings. The summed E-state index contributed by atoms with van der Waals surface area (Å²) in [7, 11) is 0. The van der Waals surface area contributed by atoms with Crippen LogP contribution in [-0.2, 0) is 4.79 Å². The first-order chi connectivity index (χ1) is 14.3. The first-order valence-corrected chi connectivity index (χ1v) is 11.1. The standard InChI is InChI=1S/C21H21Cl4N3O2/c22-15-7-6-13(8-14(15)21(30)28-12-4-2-1-3-5-12)27-20(29)11-26-19-10-17(24)16(23)9-18(19)25/h6-10,12,26H,1-5,11H2,(H,27,29)(H,28,30). The van der Waals surface area contributed by atoms with Crippen LogP contribution in [0.1, 0.15) is 42.5 Å². The molecule has 0 bridgehead atoms. The first kappa shape index (κ1) is 23.0. The SMILES string of the molecule is O=C(CNc1cc(Cl)c(Cl)cc1Cl)Nc1ccc(Cl)c(C(=O)NC2CCCCC2)c1. The van der Waals surface area contributed by atoms with E-state index in [4.69, 9.17) is 46.4 Å². The van der Waals surface area contributed by atoms with E-state index in [9.17, 15) is 9.59 Å². The largest absolute Gasteiger partial charge is 0.375 e. The Morgan fingerprint density at radius 1 is 0.867 bits per heavy atom. The smallest absolute Gasteiger partial charge is 0.253 e.